The van der Waals surface area contributed by atoms with E-state index in [1.165, 1.54) is 11.5 Å². The van der Waals surface area contributed by atoms with Crippen LogP contribution in [-0.4, -0.2) is 84.1 Å². The fourth-order valence-electron chi connectivity index (χ4n) is 3.82. The van der Waals surface area contributed by atoms with E-state index in [2.05, 4.69) is 26.4 Å². The number of nitrogens with zero attached hydrogens (tertiary/aromatic N) is 5. The van der Waals surface area contributed by atoms with Gasteiger partial charge < -0.3 is 32.5 Å². The quantitative estimate of drug-likeness (QED) is 0.0369. The number of amides is 2. The van der Waals surface area contributed by atoms with Gasteiger partial charge in [-0.3, -0.25) is 19.5 Å². The van der Waals surface area contributed by atoms with E-state index in [0.29, 0.717) is 0 Å². The summed E-state index contributed by atoms with van der Waals surface area (Å²) in [7, 11) is 0. The van der Waals surface area contributed by atoms with Gasteiger partial charge in [0, 0.05) is 22.1 Å². The molecule has 4 rings (SSSR count). The van der Waals surface area contributed by atoms with Crippen LogP contribution in [0.15, 0.2) is 38.7 Å². The van der Waals surface area contributed by atoms with E-state index < -0.39 is 40.6 Å². The van der Waals surface area contributed by atoms with Gasteiger partial charge in [0.2, 0.25) is 0 Å². The molecule has 4 heterocycles. The number of carboxylic acids is 1. The number of aliphatic imine (C=N–C) groups is 1. The summed E-state index contributed by atoms with van der Waals surface area (Å²) in [5.41, 5.74) is 15.1. The second kappa shape index (κ2) is 10.4. The zero-order valence-corrected chi connectivity index (χ0v) is 21.7. The number of hydrogen-bond acceptors (Lipinski definition) is 15. The largest absolute Gasteiger partial charge is 0.477 e. The number of anilines is 1. The van der Waals surface area contributed by atoms with Gasteiger partial charge >= 0.3 is 5.97 Å². The third-order valence-corrected chi connectivity index (χ3v) is 7.91. The molecule has 0 bridgehead atoms. The molecule has 2 amide bonds. The molecule has 0 saturated carbocycles. The van der Waals surface area contributed by atoms with Crippen molar-refractivity contribution in [2.45, 2.75) is 17.1 Å². The number of hydrazine groups is 1. The van der Waals surface area contributed by atoms with Crippen molar-refractivity contribution in [1.29, 1.82) is 0 Å². The van der Waals surface area contributed by atoms with Crippen LogP contribution in [0, 0.1) is 12.3 Å². The number of rotatable bonds is 8. The first-order chi connectivity index (χ1) is 18.0. The molecule has 1 aromatic rings. The van der Waals surface area contributed by atoms with Crippen molar-refractivity contribution in [2.24, 2.45) is 27.5 Å². The molecule has 15 nitrogen and oxygen atoms in total. The van der Waals surface area contributed by atoms with Gasteiger partial charge in [0.15, 0.2) is 28.8 Å². The van der Waals surface area contributed by atoms with Crippen LogP contribution in [0.3, 0.4) is 0 Å². The van der Waals surface area contributed by atoms with E-state index in [4.69, 9.17) is 46.5 Å². The van der Waals surface area contributed by atoms with Gasteiger partial charge in [-0.1, -0.05) is 23.3 Å². The van der Waals surface area contributed by atoms with E-state index in [1.807, 2.05) is 0 Å². The molecule has 0 radical (unpaired) electrons. The van der Waals surface area contributed by atoms with E-state index in [1.54, 1.807) is 0 Å². The molecular weight excluding hydrogens is 556 g/mol. The number of carbonyl (C=O) groups is 3. The van der Waals surface area contributed by atoms with Crippen LogP contribution in [0.2, 0.25) is 0 Å². The summed E-state index contributed by atoms with van der Waals surface area (Å²) < 4.78 is 0. The number of nitrogens with two attached hydrogens (primary N) is 4. The molecule has 18 heteroatoms. The van der Waals surface area contributed by atoms with Gasteiger partial charge in [-0.25, -0.2) is 20.6 Å². The van der Waals surface area contributed by atoms with Crippen LogP contribution in [0.4, 0.5) is 5.13 Å². The highest BCUT2D eigenvalue weighted by Gasteiger charge is 2.65. The molecule has 0 aliphatic carbocycles. The lowest BCUT2D eigenvalue weighted by Gasteiger charge is -2.55. The average Bonchev–Trinajstić information content (AvgIpc) is 3.31. The number of thioether (sulfide) groups is 1. The number of thiazole rings is 1. The molecule has 2 unspecified atom stereocenters. The first-order valence-electron chi connectivity index (χ1n) is 10.5. The predicted molar refractivity (Wildman–Crippen MR) is 144 cm³/mol. The maximum absolute atomic E-state index is 13.5. The summed E-state index contributed by atoms with van der Waals surface area (Å²) >= 11 is 7.32. The highest BCUT2D eigenvalue weighted by molar-refractivity contribution is 8.00. The van der Waals surface area contributed by atoms with Crippen molar-refractivity contribution in [3.8, 4) is 12.3 Å². The van der Waals surface area contributed by atoms with Gasteiger partial charge in [-0.15, -0.1) is 29.5 Å². The Morgan fingerprint density at radius 1 is 1.47 bits per heavy atom. The Balaban J connectivity index is 1.68. The van der Waals surface area contributed by atoms with Crippen LogP contribution in [-0.2, 0) is 19.2 Å². The first kappa shape index (κ1) is 27.0. The Kier molecular flexibility index (Phi) is 7.39. The fraction of sp³-hybridized carbons (Fsp3) is 0.250. The van der Waals surface area contributed by atoms with E-state index in [9.17, 15) is 19.5 Å². The molecule has 1 saturated heterocycles. The number of β-lactam (4-membered cyclic amide) rings is 1. The second-order valence-corrected chi connectivity index (χ2v) is 10.0. The third kappa shape index (κ3) is 4.46. The lowest BCUT2D eigenvalue weighted by Crippen LogP contribution is -2.81. The van der Waals surface area contributed by atoms with Crippen molar-refractivity contribution >= 4 is 75.1 Å². The molecule has 0 spiro atoms. The number of aliphatic carboxylic acids is 1. The van der Waals surface area contributed by atoms with Gasteiger partial charge in [0.25, 0.3) is 11.8 Å². The highest BCUT2D eigenvalue weighted by Crippen LogP contribution is 2.46. The van der Waals surface area contributed by atoms with Gasteiger partial charge in [0.05, 0.1) is 0 Å². The standard InChI is InChI=1S/C20H20N10O5S3/c1-2-3-35-28-12(9-6-38-19(23)25-9)15(31)27-20(7-36)17(34)29-13(16(32)33)8(5-37-18(20)29)14-26-10(21)4-11(22)30(14)24/h1,4,6-7,11,18H,3,5,21-22,24H2,(H2,23,25)(H,27,31)(H,32,33)/b28-12-/t11?,18-,20?/m0/s1. The molecule has 1 aromatic heterocycles. The normalized spacial score (nSPS) is 25.0. The molecule has 3 atom stereocenters. The predicted octanol–water partition coefficient (Wildman–Crippen LogP) is -2.14. The molecular formula is C20H20N10O5S3. The fourth-order valence-corrected chi connectivity index (χ4v) is 6.18. The van der Waals surface area contributed by atoms with Gasteiger partial charge in [-0.05, 0) is 6.08 Å². The van der Waals surface area contributed by atoms with Crippen molar-refractivity contribution in [3.05, 3.63) is 34.2 Å². The second-order valence-electron chi connectivity index (χ2n) is 7.83. The number of aromatic nitrogens is 1. The number of oxime groups is 1. The molecule has 198 valence electrons. The number of nitrogen functional groups attached to an aromatic ring is 1. The summed E-state index contributed by atoms with van der Waals surface area (Å²) in [5, 5.41) is 19.2. The van der Waals surface area contributed by atoms with Crippen LogP contribution < -0.4 is 28.4 Å². The van der Waals surface area contributed by atoms with Crippen molar-refractivity contribution in [1.82, 2.24) is 20.2 Å². The molecule has 0 aromatic carbocycles. The number of fused-ring (bicyclic) bond motifs is 1. The average molecular weight is 577 g/mol. The first-order valence-corrected chi connectivity index (χ1v) is 12.9. The topological polar surface area (TPSA) is 241 Å². The Labute approximate surface area is 228 Å². The van der Waals surface area contributed by atoms with E-state index in [-0.39, 0.29) is 46.1 Å². The number of hydrogen-bond donors (Lipinski definition) is 6. The number of amidine groups is 1. The number of terminal acetylenes is 1. The Bertz CT molecular complexity index is 1400. The Morgan fingerprint density at radius 2 is 2.21 bits per heavy atom. The minimum absolute atomic E-state index is 0.00117. The summed E-state index contributed by atoms with van der Waals surface area (Å²) in [6.45, 7) is -0.235. The summed E-state index contributed by atoms with van der Waals surface area (Å²) in [6, 6.07) is 0. The van der Waals surface area contributed by atoms with Crippen LogP contribution in [0.5, 0.6) is 0 Å². The molecule has 3 aliphatic heterocycles. The molecule has 3 aliphatic rings. The molecule has 38 heavy (non-hydrogen) atoms. The van der Waals surface area contributed by atoms with Gasteiger partial charge in [0.1, 0.15) is 28.8 Å². The number of thiocarbonyl (C=S) groups is 1. The number of carboxylic acid groups (broad SMARTS) is 1. The number of carbonyl (C=O) groups excluding carboxylic acids is 2. The summed E-state index contributed by atoms with van der Waals surface area (Å²) in [6.07, 6.45) is 5.68. The molecule has 10 N–H and O–H groups in total. The smallest absolute Gasteiger partial charge is 0.353 e. The Hall–Kier alpha value is -4.02. The molecule has 1 fully saturated rings. The maximum atomic E-state index is 13.5. The van der Waals surface area contributed by atoms with Crippen molar-refractivity contribution in [3.63, 3.8) is 0 Å². The monoisotopic (exact) mass is 576 g/mol. The third-order valence-electron chi connectivity index (χ3n) is 5.51. The summed E-state index contributed by atoms with van der Waals surface area (Å²) in [4.78, 5) is 53.2. The SMILES string of the molecule is C#CCO/N=C(\C(=O)NC1(C=S)C(=O)N2C(C(=O)O)=C(C3=NC(N)=CC(N)N3N)CS[C@H]21)c1csc(N)n1. The minimum atomic E-state index is -1.76. The van der Waals surface area contributed by atoms with Crippen molar-refractivity contribution in [2.75, 3.05) is 18.1 Å². The van der Waals surface area contributed by atoms with Crippen LogP contribution in [0.1, 0.15) is 5.69 Å². The lowest BCUT2D eigenvalue weighted by atomic mass is 9.87. The highest BCUT2D eigenvalue weighted by atomic mass is 32.2. The zero-order valence-electron chi connectivity index (χ0n) is 19.2. The summed E-state index contributed by atoms with van der Waals surface area (Å²) in [5.74, 6) is 5.17. The van der Waals surface area contributed by atoms with E-state index in [0.717, 1.165) is 38.4 Å². The van der Waals surface area contributed by atoms with Gasteiger partial charge in [-0.2, -0.15) is 0 Å². The van der Waals surface area contributed by atoms with Crippen molar-refractivity contribution < 1.29 is 24.3 Å². The van der Waals surface area contributed by atoms with Crippen LogP contribution in [0.25, 0.3) is 0 Å². The van der Waals surface area contributed by atoms with Crippen LogP contribution >= 0.6 is 35.3 Å². The van der Waals surface area contributed by atoms with E-state index >= 15 is 0 Å². The number of nitrogens with one attached hydrogen (secondary N) is 1. The Morgan fingerprint density at radius 3 is 2.82 bits per heavy atom. The minimum Gasteiger partial charge on any atom is -0.477 e. The zero-order chi connectivity index (χ0) is 27.8. The maximum Gasteiger partial charge on any atom is 0.353 e. The lowest BCUT2D eigenvalue weighted by molar-refractivity contribution is -0.153.